The maximum atomic E-state index is 12.9. The number of hydrogen-bond donors (Lipinski definition) is 3. The Morgan fingerprint density at radius 1 is 0.939 bits per heavy atom. The molecule has 0 atom stereocenters. The topological polar surface area (TPSA) is 130 Å². The Balaban J connectivity index is 1.47. The summed E-state index contributed by atoms with van der Waals surface area (Å²) < 4.78 is 0. The molecule has 9 heteroatoms. The Morgan fingerprint density at radius 3 is 2.06 bits per heavy atom. The number of nitrogens with zero attached hydrogens (tertiary/aromatic N) is 1. The van der Waals surface area contributed by atoms with Crippen molar-refractivity contribution >= 4 is 17.8 Å². The Bertz CT molecular complexity index is 1170. The number of rotatable bonds is 6. The number of benzene rings is 2. The first-order valence-corrected chi connectivity index (χ1v) is 10.5. The number of carbonyl (C=O) groups is 3. The zero-order valence-electron chi connectivity index (χ0n) is 17.6. The largest absolute Gasteiger partial charge is 0.341 e. The fraction of sp³-hybridized carbons (Fsp3) is 0.208. The summed E-state index contributed by atoms with van der Waals surface area (Å²) in [5.41, 5.74) is 2.61. The fourth-order valence-electron chi connectivity index (χ4n) is 3.40. The van der Waals surface area contributed by atoms with E-state index in [9.17, 15) is 19.2 Å². The number of amides is 2. The van der Waals surface area contributed by atoms with Crippen LogP contribution >= 0.6 is 0 Å². The van der Waals surface area contributed by atoms with Crippen LogP contribution in [0.2, 0.25) is 0 Å². The summed E-state index contributed by atoms with van der Waals surface area (Å²) in [7, 11) is 0. The van der Waals surface area contributed by atoms with Gasteiger partial charge in [0.05, 0.1) is 12.0 Å². The molecule has 33 heavy (non-hydrogen) atoms. The van der Waals surface area contributed by atoms with Gasteiger partial charge in [0.25, 0.3) is 11.5 Å². The summed E-state index contributed by atoms with van der Waals surface area (Å²) in [6.07, 6.45) is 3.41. The average Bonchev–Trinajstić information content (AvgIpc) is 2.80. The third-order valence-corrected chi connectivity index (χ3v) is 5.48. The van der Waals surface area contributed by atoms with Crippen LogP contribution in [0, 0.1) is 5.92 Å². The van der Waals surface area contributed by atoms with Crippen LogP contribution in [0.5, 0.6) is 0 Å². The molecular formula is C24H22N4O5. The summed E-state index contributed by atoms with van der Waals surface area (Å²) in [6, 6.07) is 18.2. The summed E-state index contributed by atoms with van der Waals surface area (Å²) in [5, 5.41) is 2.85. The molecule has 2 aromatic carbocycles. The number of nitrogens with one attached hydrogen (secondary N) is 3. The van der Waals surface area contributed by atoms with Crippen LogP contribution in [0.4, 0.5) is 0 Å². The molecule has 168 valence electrons. The molecule has 1 saturated carbocycles. The monoisotopic (exact) mass is 446 g/mol. The molecule has 1 aliphatic carbocycles. The highest BCUT2D eigenvalue weighted by Crippen LogP contribution is 2.27. The van der Waals surface area contributed by atoms with E-state index in [0.29, 0.717) is 0 Å². The molecule has 1 heterocycles. The van der Waals surface area contributed by atoms with Crippen molar-refractivity contribution in [2.45, 2.75) is 25.3 Å². The molecule has 1 fully saturated rings. The molecule has 4 rings (SSSR count). The summed E-state index contributed by atoms with van der Waals surface area (Å²) in [4.78, 5) is 60.1. The fourth-order valence-corrected chi connectivity index (χ4v) is 3.40. The standard InChI is InChI=1S/C24H22N4O5/c29-21(26-19(15-8-3-1-4-9-15)16-10-5-2-6-11-16)18-14-25-20(27-22(18)30)23(31)28-33-24(32)17-12-7-13-17/h1-6,8-11,14,17,19H,7,12-13H2,(H,26,29)(H,28,31)(H,25,27,30). The van der Waals surface area contributed by atoms with Gasteiger partial charge in [-0.2, -0.15) is 5.48 Å². The highest BCUT2D eigenvalue weighted by atomic mass is 16.7. The number of H-pyrrole nitrogens is 1. The van der Waals surface area contributed by atoms with Gasteiger partial charge < -0.3 is 15.1 Å². The minimum atomic E-state index is -0.891. The molecule has 2 amide bonds. The molecule has 3 aromatic rings. The van der Waals surface area contributed by atoms with E-state index in [1.807, 2.05) is 66.1 Å². The predicted octanol–water partition coefficient (Wildman–Crippen LogP) is 2.28. The second-order valence-corrected chi connectivity index (χ2v) is 7.68. The van der Waals surface area contributed by atoms with E-state index in [1.165, 1.54) is 0 Å². The van der Waals surface area contributed by atoms with Crippen LogP contribution in [0.15, 0.2) is 71.7 Å². The first-order chi connectivity index (χ1) is 16.0. The van der Waals surface area contributed by atoms with Gasteiger partial charge in [-0.1, -0.05) is 67.1 Å². The second-order valence-electron chi connectivity index (χ2n) is 7.68. The first-order valence-electron chi connectivity index (χ1n) is 10.5. The molecule has 1 aliphatic rings. The number of carbonyl (C=O) groups excluding carboxylic acids is 3. The molecule has 0 unspecified atom stereocenters. The van der Waals surface area contributed by atoms with Crippen molar-refractivity contribution in [2.75, 3.05) is 0 Å². The van der Waals surface area contributed by atoms with Gasteiger partial charge in [0.2, 0.25) is 5.82 Å². The third kappa shape index (κ3) is 5.15. The van der Waals surface area contributed by atoms with E-state index in [0.717, 1.165) is 36.6 Å². The van der Waals surface area contributed by atoms with Crippen molar-refractivity contribution in [2.24, 2.45) is 5.92 Å². The van der Waals surface area contributed by atoms with Crippen molar-refractivity contribution in [1.29, 1.82) is 0 Å². The molecule has 0 aliphatic heterocycles. The number of aromatic nitrogens is 2. The molecule has 0 saturated heterocycles. The molecule has 0 spiro atoms. The van der Waals surface area contributed by atoms with Crippen LogP contribution < -0.4 is 16.4 Å². The van der Waals surface area contributed by atoms with Crippen LogP contribution in [0.3, 0.4) is 0 Å². The quantitative estimate of drug-likeness (QED) is 0.498. The van der Waals surface area contributed by atoms with E-state index < -0.39 is 29.4 Å². The molecule has 3 N–H and O–H groups in total. The van der Waals surface area contributed by atoms with Gasteiger partial charge in [-0.15, -0.1) is 0 Å². The van der Waals surface area contributed by atoms with Crippen molar-refractivity contribution in [3.8, 4) is 0 Å². The van der Waals surface area contributed by atoms with E-state index in [2.05, 4.69) is 15.3 Å². The van der Waals surface area contributed by atoms with Gasteiger partial charge in [-0.05, 0) is 24.0 Å². The van der Waals surface area contributed by atoms with Crippen LogP contribution in [-0.2, 0) is 9.63 Å². The van der Waals surface area contributed by atoms with Gasteiger partial charge >= 0.3 is 11.9 Å². The Hall–Kier alpha value is -4.27. The number of aromatic amines is 1. The second kappa shape index (κ2) is 9.90. The molecule has 1 aromatic heterocycles. The van der Waals surface area contributed by atoms with E-state index in [4.69, 9.17) is 4.84 Å². The smallest absolute Gasteiger partial charge is 0.335 e. The SMILES string of the molecule is O=C(NOC(=O)C1CCC1)c1ncc(C(=O)NC(c2ccccc2)c2ccccc2)c(=O)[nH]1. The lowest BCUT2D eigenvalue weighted by Gasteiger charge is -2.22. The number of hydrogen-bond acceptors (Lipinski definition) is 6. The van der Waals surface area contributed by atoms with Crippen molar-refractivity contribution < 1.29 is 19.2 Å². The highest BCUT2D eigenvalue weighted by Gasteiger charge is 2.28. The predicted molar refractivity (Wildman–Crippen MR) is 118 cm³/mol. The molecule has 0 radical (unpaired) electrons. The minimum Gasteiger partial charge on any atom is -0.341 e. The van der Waals surface area contributed by atoms with E-state index >= 15 is 0 Å². The lowest BCUT2D eigenvalue weighted by molar-refractivity contribution is -0.156. The average molecular weight is 446 g/mol. The Kier molecular flexibility index (Phi) is 6.58. The maximum Gasteiger partial charge on any atom is 0.335 e. The zero-order valence-corrected chi connectivity index (χ0v) is 17.6. The number of hydroxylamine groups is 1. The van der Waals surface area contributed by atoms with Gasteiger partial charge in [0.15, 0.2) is 0 Å². The normalized spacial score (nSPS) is 13.1. The van der Waals surface area contributed by atoms with Crippen molar-refractivity contribution in [1.82, 2.24) is 20.8 Å². The van der Waals surface area contributed by atoms with Crippen molar-refractivity contribution in [3.05, 3.63) is 99.7 Å². The lowest BCUT2D eigenvalue weighted by atomic mass is 9.86. The molecule has 9 nitrogen and oxygen atoms in total. The highest BCUT2D eigenvalue weighted by molar-refractivity contribution is 5.95. The van der Waals surface area contributed by atoms with Gasteiger partial charge in [-0.3, -0.25) is 14.4 Å². The zero-order chi connectivity index (χ0) is 23.2. The van der Waals surface area contributed by atoms with Crippen LogP contribution in [0.1, 0.15) is 57.4 Å². The summed E-state index contributed by atoms with van der Waals surface area (Å²) in [6.45, 7) is 0. The first kappa shape index (κ1) is 21.9. The Labute approximate surface area is 189 Å². The maximum absolute atomic E-state index is 12.9. The van der Waals surface area contributed by atoms with E-state index in [1.54, 1.807) is 0 Å². The van der Waals surface area contributed by atoms with Crippen LogP contribution in [-0.4, -0.2) is 27.8 Å². The molecular weight excluding hydrogens is 424 g/mol. The van der Waals surface area contributed by atoms with Gasteiger partial charge in [-0.25, -0.2) is 9.78 Å². The van der Waals surface area contributed by atoms with E-state index in [-0.39, 0.29) is 17.3 Å². The van der Waals surface area contributed by atoms with Crippen LogP contribution in [0.25, 0.3) is 0 Å². The van der Waals surface area contributed by atoms with Gasteiger partial charge in [0.1, 0.15) is 5.56 Å². The molecule has 0 bridgehead atoms. The summed E-state index contributed by atoms with van der Waals surface area (Å²) >= 11 is 0. The lowest BCUT2D eigenvalue weighted by Crippen LogP contribution is -2.36. The van der Waals surface area contributed by atoms with Crippen molar-refractivity contribution in [3.63, 3.8) is 0 Å². The summed E-state index contributed by atoms with van der Waals surface area (Å²) in [5.74, 6) is -2.66. The minimum absolute atomic E-state index is 0.217. The Morgan fingerprint density at radius 2 is 1.55 bits per heavy atom. The third-order valence-electron chi connectivity index (χ3n) is 5.48. The van der Waals surface area contributed by atoms with Gasteiger partial charge in [0, 0.05) is 6.20 Å².